The zero-order valence-electron chi connectivity index (χ0n) is 16.6. The summed E-state index contributed by atoms with van der Waals surface area (Å²) in [5, 5.41) is 5.07. The van der Waals surface area contributed by atoms with Gasteiger partial charge in [0.05, 0.1) is 38.4 Å². The van der Waals surface area contributed by atoms with Gasteiger partial charge in [0.25, 0.3) is 0 Å². The van der Waals surface area contributed by atoms with Gasteiger partial charge < -0.3 is 19.5 Å². The smallest absolute Gasteiger partial charge is 0.336 e. The van der Waals surface area contributed by atoms with Gasteiger partial charge in [-0.3, -0.25) is 0 Å². The summed E-state index contributed by atoms with van der Waals surface area (Å²) < 4.78 is 15.3. The standard InChI is InChI=1S/C22H23NO5/c1-12-18(21(24)27-4)20(19(13(2)23-12)22(25)28-5)16-7-6-15-11-17(26-3)9-8-14(15)10-16/h6-11,20,23H,1-5H3. The molecule has 0 spiro atoms. The Labute approximate surface area is 163 Å². The second-order valence-electron chi connectivity index (χ2n) is 6.59. The van der Waals surface area contributed by atoms with Crippen molar-refractivity contribution in [3.05, 3.63) is 64.5 Å². The average molecular weight is 381 g/mol. The number of allylic oxidation sites excluding steroid dienone is 2. The molecule has 0 aromatic heterocycles. The third-order valence-electron chi connectivity index (χ3n) is 4.98. The van der Waals surface area contributed by atoms with E-state index >= 15 is 0 Å². The van der Waals surface area contributed by atoms with Gasteiger partial charge in [0.1, 0.15) is 5.75 Å². The molecule has 1 N–H and O–H groups in total. The van der Waals surface area contributed by atoms with Crippen LogP contribution in [0.25, 0.3) is 10.8 Å². The highest BCUT2D eigenvalue weighted by Crippen LogP contribution is 2.40. The van der Waals surface area contributed by atoms with E-state index < -0.39 is 17.9 Å². The molecule has 0 saturated carbocycles. The van der Waals surface area contributed by atoms with Crippen LogP contribution in [0.2, 0.25) is 0 Å². The van der Waals surface area contributed by atoms with E-state index in [2.05, 4.69) is 5.32 Å². The quantitative estimate of drug-likeness (QED) is 0.818. The summed E-state index contributed by atoms with van der Waals surface area (Å²) in [7, 11) is 4.28. The SMILES string of the molecule is COC(=O)C1=C(C)NC(C)=C(C(=O)OC)C1c1ccc2cc(OC)ccc2c1. The van der Waals surface area contributed by atoms with E-state index in [-0.39, 0.29) is 0 Å². The largest absolute Gasteiger partial charge is 0.497 e. The number of carbonyl (C=O) groups excluding carboxylic acids is 2. The second kappa shape index (κ2) is 7.76. The van der Waals surface area contributed by atoms with Crippen molar-refractivity contribution >= 4 is 22.7 Å². The minimum absolute atomic E-state index is 0.390. The molecule has 3 rings (SSSR count). The maximum absolute atomic E-state index is 12.6. The van der Waals surface area contributed by atoms with Gasteiger partial charge in [-0.25, -0.2) is 9.59 Å². The third-order valence-corrected chi connectivity index (χ3v) is 4.98. The fourth-order valence-corrected chi connectivity index (χ4v) is 3.64. The van der Waals surface area contributed by atoms with Gasteiger partial charge in [-0.2, -0.15) is 0 Å². The number of esters is 2. The van der Waals surface area contributed by atoms with Crippen LogP contribution in [0.3, 0.4) is 0 Å². The first-order valence-electron chi connectivity index (χ1n) is 8.84. The first-order chi connectivity index (χ1) is 13.4. The maximum atomic E-state index is 12.6. The molecule has 0 atom stereocenters. The molecule has 0 saturated heterocycles. The Bertz CT molecular complexity index is 981. The van der Waals surface area contributed by atoms with E-state index in [1.165, 1.54) is 14.2 Å². The normalized spacial score (nSPS) is 14.8. The van der Waals surface area contributed by atoms with E-state index in [0.29, 0.717) is 22.5 Å². The Morgan fingerprint density at radius 1 is 0.821 bits per heavy atom. The van der Waals surface area contributed by atoms with Crippen molar-refractivity contribution in [1.82, 2.24) is 5.32 Å². The van der Waals surface area contributed by atoms with Crippen LogP contribution in [0.15, 0.2) is 58.9 Å². The summed E-state index contributed by atoms with van der Waals surface area (Å²) >= 11 is 0. The molecule has 1 aliphatic rings. The zero-order chi connectivity index (χ0) is 20.4. The number of ether oxygens (including phenoxy) is 3. The minimum Gasteiger partial charge on any atom is -0.497 e. The highest BCUT2D eigenvalue weighted by molar-refractivity contribution is 6.00. The van der Waals surface area contributed by atoms with Crippen LogP contribution in [0, 0.1) is 0 Å². The van der Waals surface area contributed by atoms with E-state index in [1.54, 1.807) is 21.0 Å². The summed E-state index contributed by atoms with van der Waals surface area (Å²) in [5.41, 5.74) is 2.88. The number of hydrogen-bond donors (Lipinski definition) is 1. The summed E-state index contributed by atoms with van der Waals surface area (Å²) in [6, 6.07) is 11.6. The Morgan fingerprint density at radius 2 is 1.36 bits per heavy atom. The lowest BCUT2D eigenvalue weighted by Crippen LogP contribution is -2.32. The molecule has 2 aromatic carbocycles. The van der Waals surface area contributed by atoms with Crippen molar-refractivity contribution in [2.45, 2.75) is 19.8 Å². The van der Waals surface area contributed by atoms with Crippen LogP contribution in [-0.4, -0.2) is 33.3 Å². The first kappa shape index (κ1) is 19.5. The molecule has 0 aliphatic carbocycles. The van der Waals surface area contributed by atoms with Gasteiger partial charge in [0.15, 0.2) is 0 Å². The van der Waals surface area contributed by atoms with Gasteiger partial charge in [-0.05, 0) is 42.3 Å². The molecule has 0 amide bonds. The number of fused-ring (bicyclic) bond motifs is 1. The lowest BCUT2D eigenvalue weighted by molar-refractivity contribution is -0.137. The minimum atomic E-state index is -0.590. The van der Waals surface area contributed by atoms with Crippen LogP contribution < -0.4 is 10.1 Å². The van der Waals surface area contributed by atoms with Gasteiger partial charge in [-0.15, -0.1) is 0 Å². The topological polar surface area (TPSA) is 73.9 Å². The van der Waals surface area contributed by atoms with Gasteiger partial charge in [0, 0.05) is 11.4 Å². The molecule has 0 bridgehead atoms. The fourth-order valence-electron chi connectivity index (χ4n) is 3.64. The summed E-state index contributed by atoms with van der Waals surface area (Å²) in [6.45, 7) is 3.59. The van der Waals surface area contributed by atoms with Crippen molar-refractivity contribution in [3.63, 3.8) is 0 Å². The zero-order valence-corrected chi connectivity index (χ0v) is 16.6. The highest BCUT2D eigenvalue weighted by atomic mass is 16.5. The highest BCUT2D eigenvalue weighted by Gasteiger charge is 2.37. The first-order valence-corrected chi connectivity index (χ1v) is 8.84. The van der Waals surface area contributed by atoms with Crippen molar-refractivity contribution < 1.29 is 23.8 Å². The summed E-state index contributed by atoms with van der Waals surface area (Å²) in [4.78, 5) is 25.1. The Kier molecular flexibility index (Phi) is 5.40. The maximum Gasteiger partial charge on any atom is 0.336 e. The van der Waals surface area contributed by atoms with Crippen molar-refractivity contribution in [3.8, 4) is 5.75 Å². The lowest BCUT2D eigenvalue weighted by Gasteiger charge is -2.30. The molecule has 146 valence electrons. The van der Waals surface area contributed by atoms with Crippen LogP contribution in [0.1, 0.15) is 25.3 Å². The monoisotopic (exact) mass is 381 g/mol. The predicted octanol–water partition coefficient (Wildman–Crippen LogP) is 3.43. The average Bonchev–Trinajstić information content (AvgIpc) is 2.71. The lowest BCUT2D eigenvalue weighted by atomic mass is 9.80. The number of hydrogen-bond acceptors (Lipinski definition) is 6. The van der Waals surface area contributed by atoms with Gasteiger partial charge in [-0.1, -0.05) is 24.3 Å². The van der Waals surface area contributed by atoms with Crippen molar-refractivity contribution in [1.29, 1.82) is 0 Å². The van der Waals surface area contributed by atoms with E-state index in [4.69, 9.17) is 14.2 Å². The van der Waals surface area contributed by atoms with Crippen molar-refractivity contribution in [2.75, 3.05) is 21.3 Å². The number of benzene rings is 2. The van der Waals surface area contributed by atoms with Crippen LogP contribution >= 0.6 is 0 Å². The molecule has 2 aromatic rings. The molecule has 1 aliphatic heterocycles. The van der Waals surface area contributed by atoms with Crippen molar-refractivity contribution in [2.24, 2.45) is 0 Å². The second-order valence-corrected chi connectivity index (χ2v) is 6.59. The number of methoxy groups -OCH3 is 3. The van der Waals surface area contributed by atoms with Gasteiger partial charge in [0.2, 0.25) is 0 Å². The summed E-state index contributed by atoms with van der Waals surface area (Å²) in [5.74, 6) is -0.802. The molecular weight excluding hydrogens is 358 g/mol. The molecule has 6 heteroatoms. The molecule has 1 heterocycles. The van der Waals surface area contributed by atoms with E-state index in [1.807, 2.05) is 36.4 Å². The van der Waals surface area contributed by atoms with E-state index in [9.17, 15) is 9.59 Å². The summed E-state index contributed by atoms with van der Waals surface area (Å²) in [6.07, 6.45) is 0. The number of carbonyl (C=O) groups is 2. The molecule has 0 radical (unpaired) electrons. The molecular formula is C22H23NO5. The van der Waals surface area contributed by atoms with E-state index in [0.717, 1.165) is 22.1 Å². The molecule has 28 heavy (non-hydrogen) atoms. The Morgan fingerprint density at radius 3 is 1.89 bits per heavy atom. The van der Waals surface area contributed by atoms with Crippen LogP contribution in [0.5, 0.6) is 5.75 Å². The number of nitrogens with one attached hydrogen (secondary N) is 1. The number of dihydropyridines is 1. The Balaban J connectivity index is 2.22. The van der Waals surface area contributed by atoms with Crippen LogP contribution in [-0.2, 0) is 19.1 Å². The third kappa shape index (κ3) is 3.33. The molecule has 0 unspecified atom stereocenters. The number of rotatable bonds is 4. The predicted molar refractivity (Wildman–Crippen MR) is 106 cm³/mol. The van der Waals surface area contributed by atoms with Crippen LogP contribution in [0.4, 0.5) is 0 Å². The molecule has 6 nitrogen and oxygen atoms in total. The Hall–Kier alpha value is -3.28. The fraction of sp³-hybridized carbons (Fsp3) is 0.273. The van der Waals surface area contributed by atoms with Gasteiger partial charge >= 0.3 is 11.9 Å². The molecule has 0 fully saturated rings.